The number of nitriles is 1. The van der Waals surface area contributed by atoms with Crippen molar-refractivity contribution in [3.05, 3.63) is 109 Å². The van der Waals surface area contributed by atoms with E-state index in [0.717, 1.165) is 46.2 Å². The molecule has 12 nitrogen and oxygen atoms in total. The number of para-hydroxylation sites is 1. The summed E-state index contributed by atoms with van der Waals surface area (Å²) in [4.78, 5) is 65.1. The van der Waals surface area contributed by atoms with Crippen molar-refractivity contribution < 1.29 is 28.6 Å². The molecule has 0 unspecified atom stereocenters. The molecule has 2 aromatic carbocycles. The first-order valence-electron chi connectivity index (χ1n) is 21.9. The monoisotopic (exact) mass is 834 g/mol. The van der Waals surface area contributed by atoms with E-state index in [1.54, 1.807) is 18.2 Å². The van der Waals surface area contributed by atoms with Gasteiger partial charge >= 0.3 is 5.97 Å². The molecular formula is C49H62N4O8. The number of allylic oxidation sites excluding steroid dienone is 1. The molecule has 0 fully saturated rings. The van der Waals surface area contributed by atoms with Gasteiger partial charge in [0.25, 0.3) is 24.1 Å². The van der Waals surface area contributed by atoms with E-state index >= 15 is 0 Å². The van der Waals surface area contributed by atoms with E-state index in [2.05, 4.69) is 54.8 Å². The average molecular weight is 835 g/mol. The highest BCUT2D eigenvalue weighted by Crippen LogP contribution is 2.37. The average Bonchev–Trinajstić information content (AvgIpc) is 3.42. The van der Waals surface area contributed by atoms with Crippen molar-refractivity contribution in [1.29, 1.82) is 5.26 Å². The summed E-state index contributed by atoms with van der Waals surface area (Å²) >= 11 is 0. The quantitative estimate of drug-likeness (QED) is 0.0235. The summed E-state index contributed by atoms with van der Waals surface area (Å²) in [5.41, 5.74) is 2.51. The Morgan fingerprint density at radius 3 is 1.85 bits per heavy atom. The Bertz CT molecular complexity index is 2180. The molecule has 61 heavy (non-hydrogen) atoms. The van der Waals surface area contributed by atoms with Crippen LogP contribution in [0.4, 0.5) is 11.4 Å². The van der Waals surface area contributed by atoms with Crippen LogP contribution in [0.3, 0.4) is 0 Å². The van der Waals surface area contributed by atoms with Crippen molar-refractivity contribution in [1.82, 2.24) is 9.13 Å². The highest BCUT2D eigenvalue weighted by molar-refractivity contribution is 6.15. The number of ether oxygens (including phenoxy) is 3. The SMILES string of the molecule is C=CCOC(=O)C(C#N)=c1n(COC=O)c(=O)c(=C/C=C/c2ccc3c(c2)CCc2ccccc2N3CCCCCCCCCCCCCCCCCC)c(=O)n1COC=O. The maximum atomic E-state index is 13.8. The fourth-order valence-electron chi connectivity index (χ4n) is 7.85. The number of unbranched alkanes of at least 4 members (excludes halogenated alkanes) is 15. The zero-order valence-electron chi connectivity index (χ0n) is 35.8. The molecule has 0 saturated carbocycles. The molecule has 2 heterocycles. The van der Waals surface area contributed by atoms with E-state index in [4.69, 9.17) is 14.2 Å². The van der Waals surface area contributed by atoms with Gasteiger partial charge in [0, 0.05) is 17.9 Å². The van der Waals surface area contributed by atoms with Crippen molar-refractivity contribution in [2.75, 3.05) is 18.1 Å². The number of aryl methyl sites for hydroxylation is 2. The smallest absolute Gasteiger partial charge is 0.353 e. The lowest BCUT2D eigenvalue weighted by Crippen LogP contribution is -2.59. The Balaban J connectivity index is 1.48. The second-order valence-electron chi connectivity index (χ2n) is 15.4. The number of carbonyl (C=O) groups excluding carboxylic acids is 3. The molecule has 0 N–H and O–H groups in total. The highest BCUT2D eigenvalue weighted by atomic mass is 16.5. The molecule has 0 atom stereocenters. The zero-order chi connectivity index (χ0) is 43.7. The summed E-state index contributed by atoms with van der Waals surface area (Å²) in [5, 5.41) is 9.50. The first-order valence-corrected chi connectivity index (χ1v) is 21.9. The van der Waals surface area contributed by atoms with Crippen molar-refractivity contribution >= 4 is 48.0 Å². The van der Waals surface area contributed by atoms with Crippen LogP contribution < -0.4 is 26.7 Å². The number of nitrogens with zero attached hydrogens (tertiary/aromatic N) is 4. The van der Waals surface area contributed by atoms with Crippen molar-refractivity contribution in [3.63, 3.8) is 0 Å². The zero-order valence-corrected chi connectivity index (χ0v) is 35.8. The van der Waals surface area contributed by atoms with Crippen LogP contribution in [0.1, 0.15) is 126 Å². The van der Waals surface area contributed by atoms with Crippen LogP contribution >= 0.6 is 0 Å². The van der Waals surface area contributed by atoms with E-state index < -0.39 is 46.8 Å². The molecule has 0 amide bonds. The van der Waals surface area contributed by atoms with Gasteiger partial charge in [-0.25, -0.2) is 4.79 Å². The lowest BCUT2D eigenvalue weighted by Gasteiger charge is -2.27. The van der Waals surface area contributed by atoms with Gasteiger partial charge in [0.2, 0.25) is 0 Å². The van der Waals surface area contributed by atoms with Gasteiger partial charge in [0.1, 0.15) is 23.4 Å². The second-order valence-corrected chi connectivity index (χ2v) is 15.4. The summed E-state index contributed by atoms with van der Waals surface area (Å²) in [5.74, 6) is -1.17. The summed E-state index contributed by atoms with van der Waals surface area (Å²) in [6, 6.07) is 16.5. The summed E-state index contributed by atoms with van der Waals surface area (Å²) in [6.07, 6.45) is 28.8. The first-order chi connectivity index (χ1) is 29.9. The Morgan fingerprint density at radius 1 is 0.754 bits per heavy atom. The minimum absolute atomic E-state index is 0.0674. The molecule has 1 aromatic heterocycles. The van der Waals surface area contributed by atoms with Crippen LogP contribution in [0.25, 0.3) is 17.7 Å². The molecule has 3 aromatic rings. The van der Waals surface area contributed by atoms with E-state index in [-0.39, 0.29) is 19.6 Å². The number of anilines is 2. The molecular weight excluding hydrogens is 773 g/mol. The van der Waals surface area contributed by atoms with Gasteiger partial charge in [0.15, 0.2) is 19.0 Å². The lowest BCUT2D eigenvalue weighted by atomic mass is 10.0. The van der Waals surface area contributed by atoms with Crippen LogP contribution in [0.5, 0.6) is 0 Å². The largest absolute Gasteiger partial charge is 0.457 e. The van der Waals surface area contributed by atoms with Crippen LogP contribution in [0.2, 0.25) is 0 Å². The third kappa shape index (κ3) is 14.3. The summed E-state index contributed by atoms with van der Waals surface area (Å²) in [7, 11) is 0. The number of hydrogen-bond donors (Lipinski definition) is 0. The van der Waals surface area contributed by atoms with Gasteiger partial charge in [-0.2, -0.15) is 5.26 Å². The predicted octanol–water partition coefficient (Wildman–Crippen LogP) is 7.67. The van der Waals surface area contributed by atoms with Gasteiger partial charge in [-0.05, 0) is 60.2 Å². The third-order valence-electron chi connectivity index (χ3n) is 11.0. The second kappa shape index (κ2) is 27.0. The third-order valence-corrected chi connectivity index (χ3v) is 11.0. The van der Waals surface area contributed by atoms with Gasteiger partial charge in [0.05, 0.1) is 0 Å². The van der Waals surface area contributed by atoms with Crippen molar-refractivity contribution in [2.24, 2.45) is 0 Å². The van der Waals surface area contributed by atoms with E-state index in [1.807, 2.05) is 6.07 Å². The van der Waals surface area contributed by atoms with Crippen molar-refractivity contribution in [3.8, 4) is 6.07 Å². The number of rotatable bonds is 28. The Hall–Kier alpha value is -5.96. The molecule has 1 aliphatic rings. The van der Waals surface area contributed by atoms with Gasteiger partial charge in [-0.15, -0.1) is 0 Å². The summed E-state index contributed by atoms with van der Waals surface area (Å²) < 4.78 is 16.1. The number of fused-ring (bicyclic) bond motifs is 2. The molecule has 0 spiro atoms. The summed E-state index contributed by atoms with van der Waals surface area (Å²) in [6.45, 7) is 5.00. The molecule has 4 rings (SSSR count). The number of hydrogen-bond acceptors (Lipinski definition) is 10. The molecule has 0 bridgehead atoms. The number of aromatic nitrogens is 2. The van der Waals surface area contributed by atoms with E-state index in [1.165, 1.54) is 125 Å². The fraction of sp³-hybridized carbons (Fsp3) is 0.469. The minimum atomic E-state index is -1.17. The normalized spacial score (nSPS) is 11.8. The number of benzene rings is 2. The topological polar surface area (TPSA) is 150 Å². The molecule has 1 aliphatic heterocycles. The van der Waals surface area contributed by atoms with Gasteiger partial charge < -0.3 is 19.1 Å². The Morgan fingerprint density at radius 2 is 1.30 bits per heavy atom. The molecule has 0 saturated heterocycles. The fourth-order valence-corrected chi connectivity index (χ4v) is 7.85. The van der Waals surface area contributed by atoms with Crippen LogP contribution in [-0.2, 0) is 54.9 Å². The molecule has 0 radical (unpaired) electrons. The standard InChI is InChI=1S/C49H62N4O8/c1-3-5-6-7-8-9-10-11-12-13-14-15-16-17-18-21-31-51-44-26-20-19-24-40(44)28-29-41-33-39(27-30-45(41)51)23-22-25-42-47(56)52(35-59-37-54)46(53(48(42)57)36-60-38-55)43(34-50)49(58)61-32-4-2/h4,19-20,22-27,30,33,37-38H,2-3,5-18,21,28-29,31-32,35-36H2,1H3/b23-22+,42-25?,46-43?. The van der Waals surface area contributed by atoms with Gasteiger partial charge in [-0.3, -0.25) is 28.3 Å². The molecule has 12 heteroatoms. The van der Waals surface area contributed by atoms with Gasteiger partial charge in [-0.1, -0.05) is 152 Å². The minimum Gasteiger partial charge on any atom is -0.457 e. The maximum absolute atomic E-state index is 13.8. The predicted molar refractivity (Wildman–Crippen MR) is 239 cm³/mol. The maximum Gasteiger partial charge on any atom is 0.353 e. The van der Waals surface area contributed by atoms with E-state index in [0.29, 0.717) is 0 Å². The number of esters is 1. The molecule has 326 valence electrons. The Labute approximate surface area is 359 Å². The van der Waals surface area contributed by atoms with Crippen LogP contribution in [0.15, 0.2) is 70.8 Å². The Kier molecular flexibility index (Phi) is 21.1. The van der Waals surface area contributed by atoms with E-state index in [9.17, 15) is 29.2 Å². The van der Waals surface area contributed by atoms with Crippen LogP contribution in [-0.4, -0.2) is 41.2 Å². The molecule has 0 aliphatic carbocycles. The highest BCUT2D eigenvalue weighted by Gasteiger charge is 2.22. The number of carbonyl (C=O) groups is 3. The lowest BCUT2D eigenvalue weighted by molar-refractivity contribution is -0.135. The van der Waals surface area contributed by atoms with Crippen molar-refractivity contribution in [2.45, 2.75) is 136 Å². The first kappa shape index (κ1) is 47.7. The van der Waals surface area contributed by atoms with Crippen LogP contribution in [0, 0.1) is 11.3 Å².